The number of aliphatic hydroxyl groups excluding tert-OH is 11. The molecule has 0 aromatic rings. The van der Waals surface area contributed by atoms with Crippen molar-refractivity contribution < 1.29 is 89.4 Å². The van der Waals surface area contributed by atoms with Crippen LogP contribution in [0.1, 0.15) is 328 Å². The Kier molecular flexibility index (Phi) is 52.8. The zero-order chi connectivity index (χ0) is 68.2. The topological polar surface area (TPSA) is 307 Å². The van der Waals surface area contributed by atoms with E-state index in [1.807, 2.05) is 0 Å². The minimum absolute atomic E-state index is 0.237. The highest BCUT2D eigenvalue weighted by atomic mass is 16.8. The number of carbonyl (C=O) groups excluding carboxylic acids is 1. The third-order valence-electron chi connectivity index (χ3n) is 19.8. The number of ether oxygens (including phenoxy) is 6. The van der Waals surface area contributed by atoms with Crippen molar-refractivity contribution in [1.82, 2.24) is 5.32 Å². The zero-order valence-electron chi connectivity index (χ0n) is 59.2. The summed E-state index contributed by atoms with van der Waals surface area (Å²) in [6.45, 7) is 1.86. The van der Waals surface area contributed by atoms with Gasteiger partial charge in [-0.05, 0) is 38.5 Å². The Balaban J connectivity index is 1.39. The second-order valence-corrected chi connectivity index (χ2v) is 28.2. The summed E-state index contributed by atoms with van der Waals surface area (Å²) in [5.74, 6) is -0.237. The first-order chi connectivity index (χ1) is 45.8. The summed E-state index contributed by atoms with van der Waals surface area (Å²) in [5, 5.41) is 121. The maximum atomic E-state index is 13.5. The molecule has 0 aromatic carbocycles. The van der Waals surface area contributed by atoms with Crippen LogP contribution in [0.2, 0.25) is 0 Å². The molecule has 19 heteroatoms. The number of hydrogen-bond acceptors (Lipinski definition) is 18. The number of hydrogen-bond donors (Lipinski definition) is 12. The maximum Gasteiger partial charge on any atom is 0.220 e. The summed E-state index contributed by atoms with van der Waals surface area (Å²) >= 11 is 0. The number of nitrogens with one attached hydrogen (secondary N) is 1. The predicted octanol–water partition coefficient (Wildman–Crippen LogP) is 12.0. The fraction of sp³-hybridized carbons (Fsp3) is 0.960. The van der Waals surface area contributed by atoms with Crippen molar-refractivity contribution in [1.29, 1.82) is 0 Å². The monoisotopic (exact) mass is 1350 g/mol. The summed E-state index contributed by atoms with van der Waals surface area (Å²) in [5.41, 5.74) is 0. The Labute approximate surface area is 569 Å². The van der Waals surface area contributed by atoms with Gasteiger partial charge < -0.3 is 89.9 Å². The van der Waals surface area contributed by atoms with Crippen LogP contribution in [0.4, 0.5) is 0 Å². The molecule has 94 heavy (non-hydrogen) atoms. The normalized spacial score (nSPS) is 27.4. The van der Waals surface area contributed by atoms with E-state index in [1.165, 1.54) is 250 Å². The van der Waals surface area contributed by atoms with Crippen molar-refractivity contribution >= 4 is 5.91 Å². The van der Waals surface area contributed by atoms with Crippen molar-refractivity contribution in [3.05, 3.63) is 12.2 Å². The van der Waals surface area contributed by atoms with Crippen LogP contribution in [0.15, 0.2) is 12.2 Å². The molecule has 0 radical (unpaired) electrons. The van der Waals surface area contributed by atoms with Gasteiger partial charge in [0, 0.05) is 6.42 Å². The average Bonchev–Trinajstić information content (AvgIpc) is 0.787. The predicted molar refractivity (Wildman–Crippen MR) is 370 cm³/mol. The van der Waals surface area contributed by atoms with Crippen molar-refractivity contribution in [2.45, 2.75) is 433 Å². The molecular formula is C75H143NO18. The number of unbranched alkanes of at least 4 members (excludes halogenated alkanes) is 44. The first kappa shape index (κ1) is 86.8. The minimum Gasteiger partial charge on any atom is -0.394 e. The van der Waals surface area contributed by atoms with Crippen LogP contribution < -0.4 is 5.32 Å². The van der Waals surface area contributed by atoms with Gasteiger partial charge in [0.1, 0.15) is 73.2 Å². The van der Waals surface area contributed by atoms with E-state index in [0.717, 1.165) is 44.9 Å². The first-order valence-electron chi connectivity index (χ1n) is 38.9. The lowest BCUT2D eigenvalue weighted by molar-refractivity contribution is -0.379. The van der Waals surface area contributed by atoms with E-state index in [0.29, 0.717) is 12.8 Å². The summed E-state index contributed by atoms with van der Waals surface area (Å²) in [4.78, 5) is 13.5. The quantitative estimate of drug-likeness (QED) is 0.0199. The zero-order valence-corrected chi connectivity index (χ0v) is 59.2. The summed E-state index contributed by atoms with van der Waals surface area (Å²) in [7, 11) is 0. The molecule has 12 N–H and O–H groups in total. The molecule has 3 rings (SSSR count). The molecule has 0 saturated carbocycles. The molecule has 0 aromatic heterocycles. The SMILES string of the molecule is CCCCCCCCCC/C=C\CCCCCCCCCCCCCC(=O)NC(COC1OC(CO)C(OC2OC(CO)C(OC3OC(CO)C(O)C(O)C3O)C(O)C2O)C(O)C1O)C(O)CCCCCCCCCCCCCCCCCCCCCCCCCCCC. The largest absolute Gasteiger partial charge is 0.394 e. The lowest BCUT2D eigenvalue weighted by atomic mass is 9.96. The van der Waals surface area contributed by atoms with E-state index in [-0.39, 0.29) is 18.9 Å². The second kappa shape index (κ2) is 57.2. The molecule has 3 fully saturated rings. The van der Waals surface area contributed by atoms with Crippen LogP contribution in [-0.4, -0.2) is 193 Å². The van der Waals surface area contributed by atoms with E-state index in [2.05, 4.69) is 31.3 Å². The highest BCUT2D eigenvalue weighted by Gasteiger charge is 2.54. The van der Waals surface area contributed by atoms with Crippen LogP contribution in [0.3, 0.4) is 0 Å². The fourth-order valence-electron chi connectivity index (χ4n) is 13.5. The molecule has 3 aliphatic heterocycles. The number of aliphatic hydroxyl groups is 11. The molecule has 0 spiro atoms. The molecular weight excluding hydrogens is 1200 g/mol. The maximum absolute atomic E-state index is 13.5. The Morgan fingerprint density at radius 3 is 1.03 bits per heavy atom. The van der Waals surface area contributed by atoms with E-state index in [1.54, 1.807) is 0 Å². The van der Waals surface area contributed by atoms with Crippen molar-refractivity contribution in [2.75, 3.05) is 26.4 Å². The summed E-state index contributed by atoms with van der Waals surface area (Å²) in [6.07, 6.45) is 38.6. The Hall–Kier alpha value is -1.47. The van der Waals surface area contributed by atoms with Crippen molar-refractivity contribution in [2.24, 2.45) is 0 Å². The van der Waals surface area contributed by atoms with Gasteiger partial charge in [0.15, 0.2) is 18.9 Å². The van der Waals surface area contributed by atoms with Gasteiger partial charge in [-0.1, -0.05) is 296 Å². The molecule has 3 saturated heterocycles. The van der Waals surface area contributed by atoms with Gasteiger partial charge in [-0.25, -0.2) is 0 Å². The van der Waals surface area contributed by atoms with Crippen LogP contribution in [0, 0.1) is 0 Å². The smallest absolute Gasteiger partial charge is 0.220 e. The third-order valence-corrected chi connectivity index (χ3v) is 19.8. The summed E-state index contributed by atoms with van der Waals surface area (Å²) in [6, 6.07) is -0.886. The molecule has 1 amide bonds. The van der Waals surface area contributed by atoms with Gasteiger partial charge in [-0.2, -0.15) is 0 Å². The van der Waals surface area contributed by atoms with E-state index in [4.69, 9.17) is 28.4 Å². The minimum atomic E-state index is -1.97. The number of amides is 1. The van der Waals surface area contributed by atoms with Crippen LogP contribution >= 0.6 is 0 Å². The van der Waals surface area contributed by atoms with Gasteiger partial charge in [0.05, 0.1) is 38.6 Å². The number of rotatable bonds is 62. The molecule has 19 nitrogen and oxygen atoms in total. The highest BCUT2D eigenvalue weighted by Crippen LogP contribution is 2.33. The van der Waals surface area contributed by atoms with E-state index < -0.39 is 124 Å². The van der Waals surface area contributed by atoms with Gasteiger partial charge in [0.2, 0.25) is 5.91 Å². The van der Waals surface area contributed by atoms with E-state index >= 15 is 0 Å². The van der Waals surface area contributed by atoms with Crippen LogP contribution in [0.25, 0.3) is 0 Å². The van der Waals surface area contributed by atoms with Crippen LogP contribution in [0.5, 0.6) is 0 Å². The second-order valence-electron chi connectivity index (χ2n) is 28.2. The summed E-state index contributed by atoms with van der Waals surface area (Å²) < 4.78 is 34.5. The Morgan fingerprint density at radius 1 is 0.372 bits per heavy atom. The van der Waals surface area contributed by atoms with E-state index in [9.17, 15) is 61.0 Å². The average molecular weight is 1350 g/mol. The Morgan fingerprint density at radius 2 is 0.670 bits per heavy atom. The standard InChI is InChI=1S/C75H143NO18/c1-3-5-7-9-11-13-15-17-19-21-23-25-27-28-29-31-32-34-36-38-40-42-44-46-48-50-52-59(80)58(76-63(81)53-51-49-47-45-43-41-39-37-35-33-30-26-24-22-20-18-16-14-12-10-8-6-4-2)57-89-73-69(87)66(84)71(61(55-78)91-73)94-75-70(88)67(85)72(62(56-79)92-75)93-74-68(86)65(83)64(82)60(54-77)90-74/h22,24,58-62,64-75,77-80,82-88H,3-21,23,25-57H2,1-2H3,(H,76,81)/b24-22-. The number of allylic oxidation sites excluding steroid dienone is 2. The van der Waals surface area contributed by atoms with Gasteiger partial charge >= 0.3 is 0 Å². The first-order valence-corrected chi connectivity index (χ1v) is 38.9. The molecule has 0 aliphatic carbocycles. The highest BCUT2D eigenvalue weighted by molar-refractivity contribution is 5.76. The van der Waals surface area contributed by atoms with Gasteiger partial charge in [-0.3, -0.25) is 4.79 Å². The van der Waals surface area contributed by atoms with Crippen LogP contribution in [-0.2, 0) is 33.2 Å². The molecule has 17 atom stereocenters. The third kappa shape index (κ3) is 37.8. The molecule has 0 bridgehead atoms. The lowest BCUT2D eigenvalue weighted by Gasteiger charge is -2.48. The van der Waals surface area contributed by atoms with Crippen molar-refractivity contribution in [3.63, 3.8) is 0 Å². The number of carbonyl (C=O) groups is 1. The molecule has 3 heterocycles. The lowest BCUT2D eigenvalue weighted by Crippen LogP contribution is -2.66. The Bertz CT molecular complexity index is 1750. The van der Waals surface area contributed by atoms with Crippen molar-refractivity contribution in [3.8, 4) is 0 Å². The van der Waals surface area contributed by atoms with Gasteiger partial charge in [-0.15, -0.1) is 0 Å². The molecule has 3 aliphatic rings. The fourth-order valence-corrected chi connectivity index (χ4v) is 13.5. The molecule has 556 valence electrons. The van der Waals surface area contributed by atoms with Gasteiger partial charge in [0.25, 0.3) is 0 Å². The molecule has 17 unspecified atom stereocenters.